The van der Waals surface area contributed by atoms with Gasteiger partial charge in [-0.2, -0.15) is 5.26 Å². The number of ether oxygens (including phenoxy) is 1. The Morgan fingerprint density at radius 3 is 2.62 bits per heavy atom. The van der Waals surface area contributed by atoms with Crippen LogP contribution in [0.2, 0.25) is 0 Å². The summed E-state index contributed by atoms with van der Waals surface area (Å²) in [4.78, 5) is 16.4. The molecule has 1 saturated heterocycles. The van der Waals surface area contributed by atoms with Gasteiger partial charge in [-0.3, -0.25) is 4.90 Å². The average molecular weight is 349 g/mol. The van der Waals surface area contributed by atoms with Crippen molar-refractivity contribution >= 4 is 6.09 Å². The van der Waals surface area contributed by atoms with Gasteiger partial charge in [-0.25, -0.2) is 4.79 Å². The molecule has 0 saturated carbocycles. The molecule has 0 bridgehead atoms. The van der Waals surface area contributed by atoms with E-state index in [1.807, 2.05) is 54.6 Å². The Morgan fingerprint density at radius 2 is 1.81 bits per heavy atom. The van der Waals surface area contributed by atoms with Crippen LogP contribution in [-0.4, -0.2) is 42.1 Å². The molecule has 0 unspecified atom stereocenters. The zero-order chi connectivity index (χ0) is 18.2. The highest BCUT2D eigenvalue weighted by molar-refractivity contribution is 5.67. The minimum atomic E-state index is -0.248. The number of rotatable bonds is 4. The Labute approximate surface area is 154 Å². The second kappa shape index (κ2) is 9.02. The third kappa shape index (κ3) is 5.08. The lowest BCUT2D eigenvalue weighted by Gasteiger charge is -2.21. The monoisotopic (exact) mass is 349 g/mol. The van der Waals surface area contributed by atoms with Gasteiger partial charge in [0.25, 0.3) is 0 Å². The van der Waals surface area contributed by atoms with Gasteiger partial charge in [0.15, 0.2) is 0 Å². The van der Waals surface area contributed by atoms with Crippen LogP contribution in [-0.2, 0) is 17.9 Å². The minimum Gasteiger partial charge on any atom is -0.445 e. The van der Waals surface area contributed by atoms with E-state index in [1.165, 1.54) is 0 Å². The molecule has 0 aliphatic carbocycles. The Balaban J connectivity index is 1.49. The van der Waals surface area contributed by atoms with Gasteiger partial charge in [0, 0.05) is 32.7 Å². The first kappa shape index (κ1) is 18.0. The van der Waals surface area contributed by atoms with Crippen LogP contribution in [0.25, 0.3) is 0 Å². The van der Waals surface area contributed by atoms with E-state index in [4.69, 9.17) is 10.00 Å². The van der Waals surface area contributed by atoms with E-state index < -0.39 is 0 Å². The molecule has 26 heavy (non-hydrogen) atoms. The molecule has 1 aliphatic rings. The lowest BCUT2D eigenvalue weighted by atomic mass is 10.1. The van der Waals surface area contributed by atoms with E-state index in [0.717, 1.165) is 37.2 Å². The molecule has 0 N–H and O–H groups in total. The summed E-state index contributed by atoms with van der Waals surface area (Å²) in [7, 11) is 0. The quantitative estimate of drug-likeness (QED) is 0.849. The van der Waals surface area contributed by atoms with Gasteiger partial charge in [0.1, 0.15) is 6.61 Å². The van der Waals surface area contributed by atoms with E-state index in [1.54, 1.807) is 4.90 Å². The molecule has 0 spiro atoms. The van der Waals surface area contributed by atoms with Crippen LogP contribution in [0.5, 0.6) is 0 Å². The number of benzene rings is 2. The normalized spacial score (nSPS) is 15.1. The summed E-state index contributed by atoms with van der Waals surface area (Å²) in [5.41, 5.74) is 2.81. The zero-order valence-electron chi connectivity index (χ0n) is 14.8. The molecule has 0 aromatic heterocycles. The van der Waals surface area contributed by atoms with Gasteiger partial charge < -0.3 is 9.64 Å². The largest absolute Gasteiger partial charge is 0.445 e. The van der Waals surface area contributed by atoms with Crippen molar-refractivity contribution in [2.75, 3.05) is 26.2 Å². The zero-order valence-corrected chi connectivity index (χ0v) is 14.8. The summed E-state index contributed by atoms with van der Waals surface area (Å²) in [6.07, 6.45) is 0.667. The predicted molar refractivity (Wildman–Crippen MR) is 99.3 cm³/mol. The summed E-state index contributed by atoms with van der Waals surface area (Å²) >= 11 is 0. The van der Waals surface area contributed by atoms with Crippen molar-refractivity contribution < 1.29 is 9.53 Å². The van der Waals surface area contributed by atoms with E-state index in [9.17, 15) is 4.79 Å². The van der Waals surface area contributed by atoms with E-state index in [2.05, 4.69) is 11.0 Å². The molecule has 0 radical (unpaired) electrons. The number of amides is 1. The van der Waals surface area contributed by atoms with Gasteiger partial charge >= 0.3 is 6.09 Å². The van der Waals surface area contributed by atoms with E-state index in [-0.39, 0.29) is 6.09 Å². The molecule has 0 atom stereocenters. The Kier molecular flexibility index (Phi) is 6.24. The summed E-state index contributed by atoms with van der Waals surface area (Å²) < 4.78 is 5.44. The fourth-order valence-electron chi connectivity index (χ4n) is 3.12. The van der Waals surface area contributed by atoms with Crippen LogP contribution >= 0.6 is 0 Å². The van der Waals surface area contributed by atoms with Gasteiger partial charge in [-0.15, -0.1) is 0 Å². The van der Waals surface area contributed by atoms with E-state index in [0.29, 0.717) is 25.3 Å². The molecular formula is C21H23N3O2. The SMILES string of the molecule is N#Cc1cccc(CN2CCCN(C(=O)OCc3ccccc3)CC2)c1. The number of carbonyl (C=O) groups excluding carboxylic acids is 1. The van der Waals surface area contributed by atoms with Crippen molar-refractivity contribution in [2.45, 2.75) is 19.6 Å². The van der Waals surface area contributed by atoms with Gasteiger partial charge in [-0.05, 0) is 29.7 Å². The van der Waals surface area contributed by atoms with Crippen LogP contribution in [0.1, 0.15) is 23.1 Å². The predicted octanol–water partition coefficient (Wildman–Crippen LogP) is 3.40. The van der Waals surface area contributed by atoms with Crippen molar-refractivity contribution in [1.82, 2.24) is 9.80 Å². The van der Waals surface area contributed by atoms with Crippen molar-refractivity contribution in [1.29, 1.82) is 5.26 Å². The number of carbonyl (C=O) groups is 1. The van der Waals surface area contributed by atoms with Crippen molar-refractivity contribution in [3.05, 3.63) is 71.3 Å². The lowest BCUT2D eigenvalue weighted by Crippen LogP contribution is -2.35. The Hall–Kier alpha value is -2.84. The van der Waals surface area contributed by atoms with Crippen molar-refractivity contribution in [3.8, 4) is 6.07 Å². The van der Waals surface area contributed by atoms with E-state index >= 15 is 0 Å². The number of hydrogen-bond acceptors (Lipinski definition) is 4. The van der Waals surface area contributed by atoms with Crippen LogP contribution in [0.15, 0.2) is 54.6 Å². The number of hydrogen-bond donors (Lipinski definition) is 0. The molecule has 2 aromatic carbocycles. The first-order chi connectivity index (χ1) is 12.7. The second-order valence-electron chi connectivity index (χ2n) is 6.47. The highest BCUT2D eigenvalue weighted by Crippen LogP contribution is 2.12. The van der Waals surface area contributed by atoms with Crippen LogP contribution < -0.4 is 0 Å². The molecule has 134 valence electrons. The Morgan fingerprint density at radius 1 is 1.00 bits per heavy atom. The topological polar surface area (TPSA) is 56.6 Å². The molecule has 1 fully saturated rings. The van der Waals surface area contributed by atoms with Gasteiger partial charge in [0.05, 0.1) is 11.6 Å². The van der Waals surface area contributed by atoms with Crippen molar-refractivity contribution in [3.63, 3.8) is 0 Å². The lowest BCUT2D eigenvalue weighted by molar-refractivity contribution is 0.0972. The van der Waals surface area contributed by atoms with Crippen LogP contribution in [0.3, 0.4) is 0 Å². The molecule has 5 nitrogen and oxygen atoms in total. The third-order valence-electron chi connectivity index (χ3n) is 4.51. The summed E-state index contributed by atoms with van der Waals surface area (Å²) in [5.74, 6) is 0. The third-order valence-corrected chi connectivity index (χ3v) is 4.51. The highest BCUT2D eigenvalue weighted by atomic mass is 16.6. The number of nitriles is 1. The first-order valence-electron chi connectivity index (χ1n) is 8.91. The van der Waals surface area contributed by atoms with Gasteiger partial charge in [0.2, 0.25) is 0 Å². The second-order valence-corrected chi connectivity index (χ2v) is 6.47. The standard InChI is InChI=1S/C21H23N3O2/c22-15-19-8-4-9-20(14-19)16-23-10-5-11-24(13-12-23)21(25)26-17-18-6-2-1-3-7-18/h1-4,6-9,14H,5,10-13,16-17H2. The fraction of sp³-hybridized carbons (Fsp3) is 0.333. The molecule has 5 heteroatoms. The Bertz CT molecular complexity index is 770. The summed E-state index contributed by atoms with van der Waals surface area (Å²) in [6, 6.07) is 19.6. The maximum absolute atomic E-state index is 12.3. The maximum Gasteiger partial charge on any atom is 0.410 e. The molecule has 1 amide bonds. The van der Waals surface area contributed by atoms with Crippen molar-refractivity contribution in [2.24, 2.45) is 0 Å². The fourth-order valence-corrected chi connectivity index (χ4v) is 3.12. The molecule has 2 aromatic rings. The molecule has 3 rings (SSSR count). The number of nitrogens with zero attached hydrogens (tertiary/aromatic N) is 3. The van der Waals surface area contributed by atoms with Crippen LogP contribution in [0, 0.1) is 11.3 Å². The smallest absolute Gasteiger partial charge is 0.410 e. The minimum absolute atomic E-state index is 0.248. The molecule has 1 heterocycles. The average Bonchev–Trinajstić information content (AvgIpc) is 2.93. The van der Waals surface area contributed by atoms with Crippen LogP contribution in [0.4, 0.5) is 4.79 Å². The maximum atomic E-state index is 12.3. The molecule has 1 aliphatic heterocycles. The summed E-state index contributed by atoms with van der Waals surface area (Å²) in [5, 5.41) is 9.02. The molecular weight excluding hydrogens is 326 g/mol. The van der Waals surface area contributed by atoms with Gasteiger partial charge in [-0.1, -0.05) is 42.5 Å². The first-order valence-corrected chi connectivity index (χ1v) is 8.91. The summed E-state index contributed by atoms with van der Waals surface area (Å²) in [6.45, 7) is 4.20. The highest BCUT2D eigenvalue weighted by Gasteiger charge is 2.20.